The molecule has 0 saturated carbocycles. The molecule has 1 heterocycles. The van der Waals surface area contributed by atoms with Gasteiger partial charge in [-0.3, -0.25) is 9.78 Å². The van der Waals surface area contributed by atoms with Gasteiger partial charge in [0, 0.05) is 6.20 Å². The fraction of sp³-hybridized carbons (Fsp3) is 0.250. The van der Waals surface area contributed by atoms with Crippen molar-refractivity contribution < 1.29 is 4.79 Å². The van der Waals surface area contributed by atoms with E-state index >= 15 is 0 Å². The van der Waals surface area contributed by atoms with Gasteiger partial charge in [0.2, 0.25) is 0 Å². The number of carbonyl (C=O) groups is 1. The molecule has 0 aromatic carbocycles. The van der Waals surface area contributed by atoms with E-state index in [2.05, 4.69) is 4.98 Å². The van der Waals surface area contributed by atoms with Crippen LogP contribution in [0.4, 0.5) is 0 Å². The lowest BCUT2D eigenvalue weighted by atomic mass is 10.1. The molecule has 0 fully saturated rings. The molecule has 1 aromatic heterocycles. The van der Waals surface area contributed by atoms with E-state index in [4.69, 9.17) is 5.73 Å². The monoisotopic (exact) mass is 150 g/mol. The highest BCUT2D eigenvalue weighted by molar-refractivity contribution is 5.97. The summed E-state index contributed by atoms with van der Waals surface area (Å²) in [7, 11) is 0. The molecule has 0 aliphatic heterocycles. The molecule has 0 spiro atoms. The molecule has 3 heteroatoms. The van der Waals surface area contributed by atoms with Crippen molar-refractivity contribution in [1.29, 1.82) is 0 Å². The Morgan fingerprint density at radius 3 is 2.82 bits per heavy atom. The minimum atomic E-state index is -0.468. The number of nitrogens with two attached hydrogens (primary N) is 1. The van der Waals surface area contributed by atoms with Crippen LogP contribution in [0.5, 0.6) is 0 Å². The summed E-state index contributed by atoms with van der Waals surface area (Å²) in [6, 6.07) is 4.72. The fourth-order valence-electron chi connectivity index (χ4n) is 0.742. The van der Waals surface area contributed by atoms with Crippen LogP contribution >= 0.6 is 0 Å². The zero-order valence-corrected chi connectivity index (χ0v) is 6.32. The van der Waals surface area contributed by atoms with E-state index in [1.54, 1.807) is 31.3 Å². The zero-order valence-electron chi connectivity index (χ0n) is 6.32. The van der Waals surface area contributed by atoms with E-state index in [1.807, 2.05) is 0 Å². The molecule has 11 heavy (non-hydrogen) atoms. The van der Waals surface area contributed by atoms with Gasteiger partial charge in [-0.1, -0.05) is 6.07 Å². The Morgan fingerprint density at radius 1 is 1.64 bits per heavy atom. The Morgan fingerprint density at radius 2 is 2.36 bits per heavy atom. The number of aromatic nitrogens is 1. The average Bonchev–Trinajstić information content (AvgIpc) is 2.05. The highest BCUT2D eigenvalue weighted by atomic mass is 16.1. The molecule has 58 valence electrons. The van der Waals surface area contributed by atoms with E-state index < -0.39 is 6.04 Å². The van der Waals surface area contributed by atoms with Crippen LogP contribution in [-0.4, -0.2) is 16.8 Å². The number of pyridine rings is 1. The minimum absolute atomic E-state index is 0.120. The van der Waals surface area contributed by atoms with Gasteiger partial charge in [0.15, 0.2) is 5.78 Å². The average molecular weight is 150 g/mol. The molecule has 0 saturated heterocycles. The second-order valence-electron chi connectivity index (χ2n) is 2.37. The predicted octanol–water partition coefficient (Wildman–Crippen LogP) is 0.612. The summed E-state index contributed by atoms with van der Waals surface area (Å²) in [5, 5.41) is 0. The fourth-order valence-corrected chi connectivity index (χ4v) is 0.742. The van der Waals surface area contributed by atoms with E-state index in [0.29, 0.717) is 5.69 Å². The maximum atomic E-state index is 11.2. The molecule has 0 aliphatic carbocycles. The molecule has 3 nitrogen and oxygen atoms in total. The summed E-state index contributed by atoms with van der Waals surface area (Å²) >= 11 is 0. The third-order valence-corrected chi connectivity index (χ3v) is 1.33. The van der Waals surface area contributed by atoms with Crippen molar-refractivity contribution in [3.05, 3.63) is 30.1 Å². The molecule has 1 atom stereocenters. The second-order valence-corrected chi connectivity index (χ2v) is 2.37. The lowest BCUT2D eigenvalue weighted by molar-refractivity contribution is 0.0963. The molecule has 0 radical (unpaired) electrons. The largest absolute Gasteiger partial charge is 0.321 e. The summed E-state index contributed by atoms with van der Waals surface area (Å²) < 4.78 is 0. The Bertz CT molecular complexity index is 244. The highest BCUT2D eigenvalue weighted by Crippen LogP contribution is 1.96. The number of ketones is 1. The minimum Gasteiger partial charge on any atom is -0.321 e. The van der Waals surface area contributed by atoms with Gasteiger partial charge in [-0.25, -0.2) is 0 Å². The number of hydrogen-bond acceptors (Lipinski definition) is 3. The van der Waals surface area contributed by atoms with Gasteiger partial charge in [-0.15, -0.1) is 0 Å². The smallest absolute Gasteiger partial charge is 0.197 e. The SMILES string of the molecule is CC(N)C(=O)c1ccccn1. The van der Waals surface area contributed by atoms with Crippen LogP contribution in [0.2, 0.25) is 0 Å². The van der Waals surface area contributed by atoms with Crippen molar-refractivity contribution in [3.8, 4) is 0 Å². The first kappa shape index (κ1) is 7.88. The van der Waals surface area contributed by atoms with E-state index in [1.165, 1.54) is 0 Å². The number of rotatable bonds is 2. The number of Topliss-reactive ketones (excluding diaryl/α,β-unsaturated/α-hetero) is 1. The maximum Gasteiger partial charge on any atom is 0.197 e. The predicted molar refractivity (Wildman–Crippen MR) is 42.2 cm³/mol. The van der Waals surface area contributed by atoms with Crippen LogP contribution in [-0.2, 0) is 0 Å². The molecule has 0 aliphatic rings. The van der Waals surface area contributed by atoms with Crippen molar-refractivity contribution in [2.75, 3.05) is 0 Å². The number of carbonyl (C=O) groups excluding carboxylic acids is 1. The quantitative estimate of drug-likeness (QED) is 0.628. The van der Waals surface area contributed by atoms with Crippen LogP contribution in [0.25, 0.3) is 0 Å². The molecule has 1 rings (SSSR count). The van der Waals surface area contributed by atoms with Crippen molar-refractivity contribution in [2.45, 2.75) is 13.0 Å². The topological polar surface area (TPSA) is 56.0 Å². The van der Waals surface area contributed by atoms with Crippen molar-refractivity contribution in [3.63, 3.8) is 0 Å². The summed E-state index contributed by atoms with van der Waals surface area (Å²) in [6.45, 7) is 1.65. The molecule has 0 bridgehead atoms. The van der Waals surface area contributed by atoms with Crippen molar-refractivity contribution >= 4 is 5.78 Å². The summed E-state index contributed by atoms with van der Waals surface area (Å²) in [5.74, 6) is -0.120. The van der Waals surface area contributed by atoms with Gasteiger partial charge in [0.1, 0.15) is 5.69 Å². The Balaban J connectivity index is 2.86. The molecular weight excluding hydrogens is 140 g/mol. The second kappa shape index (κ2) is 3.25. The van der Waals surface area contributed by atoms with E-state index in [0.717, 1.165) is 0 Å². The summed E-state index contributed by atoms with van der Waals surface area (Å²) in [4.78, 5) is 15.0. The molecular formula is C8H10N2O. The Hall–Kier alpha value is -1.22. The van der Waals surface area contributed by atoms with Crippen LogP contribution < -0.4 is 5.73 Å². The van der Waals surface area contributed by atoms with E-state index in [-0.39, 0.29) is 5.78 Å². The van der Waals surface area contributed by atoms with Crippen molar-refractivity contribution in [1.82, 2.24) is 4.98 Å². The van der Waals surface area contributed by atoms with Gasteiger partial charge >= 0.3 is 0 Å². The molecule has 0 amide bonds. The zero-order chi connectivity index (χ0) is 8.27. The van der Waals surface area contributed by atoms with Gasteiger partial charge < -0.3 is 5.73 Å². The van der Waals surface area contributed by atoms with Crippen molar-refractivity contribution in [2.24, 2.45) is 5.73 Å². The Kier molecular flexibility index (Phi) is 2.33. The van der Waals surface area contributed by atoms with Crippen LogP contribution in [0.15, 0.2) is 24.4 Å². The van der Waals surface area contributed by atoms with Crippen LogP contribution in [0.3, 0.4) is 0 Å². The van der Waals surface area contributed by atoms with Gasteiger partial charge in [0.05, 0.1) is 6.04 Å². The first-order chi connectivity index (χ1) is 5.22. The van der Waals surface area contributed by atoms with Gasteiger partial charge in [0.25, 0.3) is 0 Å². The van der Waals surface area contributed by atoms with Gasteiger partial charge in [-0.2, -0.15) is 0 Å². The Labute approximate surface area is 65.2 Å². The third kappa shape index (κ3) is 1.85. The summed E-state index contributed by atoms with van der Waals surface area (Å²) in [6.07, 6.45) is 1.58. The maximum absolute atomic E-state index is 11.2. The normalized spacial score (nSPS) is 12.5. The third-order valence-electron chi connectivity index (χ3n) is 1.33. The number of nitrogens with zero attached hydrogens (tertiary/aromatic N) is 1. The van der Waals surface area contributed by atoms with E-state index in [9.17, 15) is 4.79 Å². The molecule has 1 aromatic rings. The first-order valence-electron chi connectivity index (χ1n) is 3.42. The number of hydrogen-bond donors (Lipinski definition) is 1. The molecule has 1 unspecified atom stereocenters. The lowest BCUT2D eigenvalue weighted by Crippen LogP contribution is -2.27. The standard InChI is InChI=1S/C8H10N2O/c1-6(9)8(11)7-4-2-3-5-10-7/h2-6H,9H2,1H3. The van der Waals surface area contributed by atoms with Gasteiger partial charge in [-0.05, 0) is 19.1 Å². The van der Waals surface area contributed by atoms with Crippen LogP contribution in [0, 0.1) is 0 Å². The first-order valence-corrected chi connectivity index (χ1v) is 3.42. The molecule has 2 N–H and O–H groups in total. The van der Waals surface area contributed by atoms with Crippen LogP contribution in [0.1, 0.15) is 17.4 Å². The lowest BCUT2D eigenvalue weighted by Gasteiger charge is -2.01. The summed E-state index contributed by atoms with van der Waals surface area (Å²) in [5.41, 5.74) is 5.81. The highest BCUT2D eigenvalue weighted by Gasteiger charge is 2.10.